The maximum atomic E-state index is 13.5. The summed E-state index contributed by atoms with van der Waals surface area (Å²) in [6.07, 6.45) is 5.52. The fourth-order valence-corrected chi connectivity index (χ4v) is 4.78. The van der Waals surface area contributed by atoms with Crippen LogP contribution in [0.2, 0.25) is 0 Å². The quantitative estimate of drug-likeness (QED) is 0.222. The van der Waals surface area contributed by atoms with Gasteiger partial charge < -0.3 is 10.3 Å². The first-order chi connectivity index (χ1) is 18.7. The van der Waals surface area contributed by atoms with E-state index < -0.39 is 0 Å². The van der Waals surface area contributed by atoms with Crippen molar-refractivity contribution in [3.8, 4) is 33.8 Å². The summed E-state index contributed by atoms with van der Waals surface area (Å²) in [6.45, 7) is 6.08. The molecule has 4 heterocycles. The molecule has 6 rings (SSSR count). The van der Waals surface area contributed by atoms with Gasteiger partial charge in [-0.2, -0.15) is 5.10 Å². The third kappa shape index (κ3) is 5.01. The molecule has 0 fully saturated rings. The normalized spacial score (nSPS) is 11.8. The topological polar surface area (TPSA) is 99.4 Å². The van der Waals surface area contributed by atoms with Gasteiger partial charge in [0.15, 0.2) is 0 Å². The smallest absolute Gasteiger partial charge is 0.224 e. The Balaban J connectivity index is 1.36. The van der Waals surface area contributed by atoms with Gasteiger partial charge in [-0.15, -0.1) is 0 Å². The van der Waals surface area contributed by atoms with Crippen molar-refractivity contribution in [2.75, 3.05) is 5.32 Å². The molecule has 0 unspecified atom stereocenters. The second-order valence-electron chi connectivity index (χ2n) is 10.9. The molecule has 3 N–H and O–H groups in total. The van der Waals surface area contributed by atoms with Crippen LogP contribution in [0.15, 0.2) is 79.3 Å². The standard InChI is InChI=1S/C31H27FN6O/c1-31(2,3)14-29(39)35-21-11-19(15-33-16-21)26-13-24-28(17-34-26)37-38-30(24)27-12-23-22(5-4-6-25(23)36-27)18-7-9-20(32)10-8-18/h4-13,15-17,36H,14H2,1-3H3,(H,35,39)(H,37,38). The van der Waals surface area contributed by atoms with Crippen molar-refractivity contribution in [2.45, 2.75) is 27.2 Å². The van der Waals surface area contributed by atoms with E-state index in [1.807, 2.05) is 51.1 Å². The Labute approximate surface area is 224 Å². The van der Waals surface area contributed by atoms with Crippen LogP contribution in [0, 0.1) is 11.2 Å². The molecule has 194 valence electrons. The number of hydrogen-bond donors (Lipinski definition) is 3. The van der Waals surface area contributed by atoms with Gasteiger partial charge in [-0.3, -0.25) is 19.9 Å². The molecule has 4 aromatic heterocycles. The van der Waals surface area contributed by atoms with Crippen molar-refractivity contribution in [3.63, 3.8) is 0 Å². The van der Waals surface area contributed by atoms with Crippen LogP contribution >= 0.6 is 0 Å². The number of aromatic amines is 2. The monoisotopic (exact) mass is 518 g/mol. The Kier molecular flexibility index (Phi) is 5.95. The Morgan fingerprint density at radius 2 is 1.74 bits per heavy atom. The first-order valence-corrected chi connectivity index (χ1v) is 12.7. The number of fused-ring (bicyclic) bond motifs is 2. The number of amides is 1. The number of hydrogen-bond acceptors (Lipinski definition) is 4. The van der Waals surface area contributed by atoms with E-state index in [0.717, 1.165) is 49.9 Å². The molecule has 39 heavy (non-hydrogen) atoms. The number of H-pyrrole nitrogens is 2. The van der Waals surface area contributed by atoms with Gasteiger partial charge in [0.1, 0.15) is 11.5 Å². The molecule has 1 amide bonds. The molecule has 8 heteroatoms. The third-order valence-corrected chi connectivity index (χ3v) is 6.53. The Bertz CT molecular complexity index is 1830. The van der Waals surface area contributed by atoms with Gasteiger partial charge in [-0.1, -0.05) is 45.0 Å². The fraction of sp³-hybridized carbons (Fsp3) is 0.161. The fourth-order valence-electron chi connectivity index (χ4n) is 4.78. The zero-order valence-electron chi connectivity index (χ0n) is 21.8. The summed E-state index contributed by atoms with van der Waals surface area (Å²) >= 11 is 0. The van der Waals surface area contributed by atoms with Gasteiger partial charge in [-0.25, -0.2) is 4.39 Å². The number of carbonyl (C=O) groups is 1. The first-order valence-electron chi connectivity index (χ1n) is 12.7. The summed E-state index contributed by atoms with van der Waals surface area (Å²) in [7, 11) is 0. The van der Waals surface area contributed by atoms with E-state index in [0.29, 0.717) is 17.8 Å². The molecule has 0 radical (unpaired) electrons. The highest BCUT2D eigenvalue weighted by atomic mass is 19.1. The number of aromatic nitrogens is 5. The number of anilines is 1. The minimum absolute atomic E-state index is 0.0548. The summed E-state index contributed by atoms with van der Waals surface area (Å²) in [4.78, 5) is 24.8. The third-order valence-electron chi connectivity index (χ3n) is 6.53. The minimum atomic E-state index is -0.263. The predicted octanol–water partition coefficient (Wildman–Crippen LogP) is 7.35. The molecular weight excluding hydrogens is 491 g/mol. The van der Waals surface area contributed by atoms with Crippen LogP contribution in [-0.2, 0) is 4.79 Å². The first kappa shape index (κ1) is 24.5. The number of benzene rings is 2. The van der Waals surface area contributed by atoms with Gasteiger partial charge in [0.2, 0.25) is 5.91 Å². The number of nitrogens with zero attached hydrogens (tertiary/aromatic N) is 3. The lowest BCUT2D eigenvalue weighted by atomic mass is 9.92. The van der Waals surface area contributed by atoms with Gasteiger partial charge in [0.25, 0.3) is 0 Å². The highest BCUT2D eigenvalue weighted by Gasteiger charge is 2.17. The van der Waals surface area contributed by atoms with Crippen LogP contribution in [0.5, 0.6) is 0 Å². The van der Waals surface area contributed by atoms with Crippen molar-refractivity contribution >= 4 is 33.4 Å². The molecule has 0 saturated heterocycles. The highest BCUT2D eigenvalue weighted by molar-refractivity contribution is 6.01. The van der Waals surface area contributed by atoms with E-state index in [4.69, 9.17) is 0 Å². The number of rotatable bonds is 5. The van der Waals surface area contributed by atoms with Crippen LogP contribution in [0.4, 0.5) is 10.1 Å². The van der Waals surface area contributed by atoms with Gasteiger partial charge in [0.05, 0.1) is 35.0 Å². The van der Waals surface area contributed by atoms with Crippen LogP contribution < -0.4 is 5.32 Å². The van der Waals surface area contributed by atoms with Crippen LogP contribution in [0.1, 0.15) is 27.2 Å². The summed E-state index contributed by atoms with van der Waals surface area (Å²) in [5.41, 5.74) is 7.33. The van der Waals surface area contributed by atoms with Gasteiger partial charge in [-0.05, 0) is 52.9 Å². The molecule has 7 nitrogen and oxygen atoms in total. The second-order valence-corrected chi connectivity index (χ2v) is 10.9. The number of halogens is 1. The zero-order chi connectivity index (χ0) is 27.1. The van der Waals surface area contributed by atoms with E-state index >= 15 is 0 Å². The number of carbonyl (C=O) groups excluding carboxylic acids is 1. The van der Waals surface area contributed by atoms with E-state index in [1.165, 1.54) is 12.1 Å². The SMILES string of the molecule is CC(C)(C)CC(=O)Nc1cncc(-c2cc3c(-c4cc5c(-c6ccc(F)cc6)cccc5[nH]4)n[nH]c3cn2)c1. The van der Waals surface area contributed by atoms with Crippen molar-refractivity contribution in [3.05, 3.63) is 85.1 Å². The maximum Gasteiger partial charge on any atom is 0.224 e. The second kappa shape index (κ2) is 9.47. The summed E-state index contributed by atoms with van der Waals surface area (Å²) in [5, 5.41) is 12.5. The van der Waals surface area contributed by atoms with Crippen LogP contribution in [0.3, 0.4) is 0 Å². The Hall–Kier alpha value is -4.85. The van der Waals surface area contributed by atoms with E-state index in [1.54, 1.807) is 30.7 Å². The van der Waals surface area contributed by atoms with Crippen molar-refractivity contribution < 1.29 is 9.18 Å². The molecule has 0 atom stereocenters. The molecule has 2 aromatic carbocycles. The molecule has 0 spiro atoms. The summed E-state index contributed by atoms with van der Waals surface area (Å²) in [6, 6.07) is 18.4. The largest absolute Gasteiger partial charge is 0.353 e. The lowest BCUT2D eigenvalue weighted by Gasteiger charge is -2.17. The lowest BCUT2D eigenvalue weighted by molar-refractivity contribution is -0.117. The zero-order valence-corrected chi connectivity index (χ0v) is 21.8. The molecular formula is C31H27FN6O. The van der Waals surface area contributed by atoms with E-state index in [-0.39, 0.29) is 17.1 Å². The Morgan fingerprint density at radius 1 is 0.923 bits per heavy atom. The van der Waals surface area contributed by atoms with Crippen LogP contribution in [-0.4, -0.2) is 31.1 Å². The lowest BCUT2D eigenvalue weighted by Crippen LogP contribution is -2.19. The van der Waals surface area contributed by atoms with E-state index in [9.17, 15) is 9.18 Å². The molecule has 0 saturated carbocycles. The maximum absolute atomic E-state index is 13.5. The Morgan fingerprint density at radius 3 is 2.54 bits per heavy atom. The van der Waals surface area contributed by atoms with Crippen molar-refractivity contribution in [1.82, 2.24) is 25.1 Å². The summed E-state index contributed by atoms with van der Waals surface area (Å²) < 4.78 is 13.5. The molecule has 0 aliphatic heterocycles. The van der Waals surface area contributed by atoms with Crippen molar-refractivity contribution in [1.29, 1.82) is 0 Å². The number of nitrogens with one attached hydrogen (secondary N) is 3. The summed E-state index contributed by atoms with van der Waals surface area (Å²) in [5.74, 6) is -0.318. The molecule has 0 bridgehead atoms. The van der Waals surface area contributed by atoms with Crippen molar-refractivity contribution in [2.24, 2.45) is 5.41 Å². The number of pyridine rings is 2. The van der Waals surface area contributed by atoms with E-state index in [2.05, 4.69) is 36.5 Å². The van der Waals surface area contributed by atoms with Gasteiger partial charge in [0, 0.05) is 34.5 Å². The average molecular weight is 519 g/mol. The molecule has 6 aromatic rings. The highest BCUT2D eigenvalue weighted by Crippen LogP contribution is 2.35. The average Bonchev–Trinajstić information content (AvgIpc) is 3.52. The van der Waals surface area contributed by atoms with Crippen LogP contribution in [0.25, 0.3) is 55.6 Å². The molecule has 0 aliphatic carbocycles. The molecule has 0 aliphatic rings. The predicted molar refractivity (Wildman–Crippen MR) is 153 cm³/mol. The minimum Gasteiger partial charge on any atom is -0.353 e. The van der Waals surface area contributed by atoms with Gasteiger partial charge >= 0.3 is 0 Å².